The Morgan fingerprint density at radius 2 is 2.29 bits per heavy atom. The molecule has 0 aliphatic rings. The molecule has 14 heavy (non-hydrogen) atoms. The number of carbonyl (C=O) groups excluding carboxylic acids is 1. The molecule has 0 aromatic carbocycles. The van der Waals surface area contributed by atoms with Crippen molar-refractivity contribution in [3.05, 3.63) is 23.5 Å². The van der Waals surface area contributed by atoms with Crippen molar-refractivity contribution < 1.29 is 4.79 Å². The van der Waals surface area contributed by atoms with Crippen molar-refractivity contribution in [2.75, 3.05) is 0 Å². The number of nitrogens with zero attached hydrogens (tertiary/aromatic N) is 3. The van der Waals surface area contributed by atoms with E-state index in [1.807, 2.05) is 18.5 Å². The standard InChI is InChI=1S/C10H11N3O/c1-3-13-10-9(5-12-13)7(2)8(6-14)4-11-10/h4-6H,3H2,1-2H3. The minimum absolute atomic E-state index is 0.633. The molecule has 0 saturated carbocycles. The van der Waals surface area contributed by atoms with Crippen molar-refractivity contribution in [3.63, 3.8) is 0 Å². The number of rotatable bonds is 2. The molecule has 0 N–H and O–H groups in total. The molecule has 0 radical (unpaired) electrons. The third-order valence-electron chi connectivity index (χ3n) is 2.40. The molecular weight excluding hydrogens is 178 g/mol. The molecule has 0 atom stereocenters. The summed E-state index contributed by atoms with van der Waals surface area (Å²) in [5.41, 5.74) is 2.42. The number of aldehydes is 1. The first kappa shape index (κ1) is 8.87. The van der Waals surface area contributed by atoms with Crippen molar-refractivity contribution in [3.8, 4) is 0 Å². The van der Waals surface area contributed by atoms with E-state index < -0.39 is 0 Å². The zero-order valence-corrected chi connectivity index (χ0v) is 8.19. The van der Waals surface area contributed by atoms with E-state index in [1.165, 1.54) is 0 Å². The van der Waals surface area contributed by atoms with Gasteiger partial charge in [0.15, 0.2) is 11.9 Å². The molecule has 0 amide bonds. The Kier molecular flexibility index (Phi) is 2.04. The number of pyridine rings is 1. The van der Waals surface area contributed by atoms with Crippen LogP contribution in [-0.2, 0) is 6.54 Å². The van der Waals surface area contributed by atoms with Gasteiger partial charge in [0.25, 0.3) is 0 Å². The molecule has 4 heteroatoms. The number of hydrogen-bond acceptors (Lipinski definition) is 3. The molecule has 0 spiro atoms. The average Bonchev–Trinajstić information content (AvgIpc) is 2.62. The fourth-order valence-corrected chi connectivity index (χ4v) is 1.51. The summed E-state index contributed by atoms with van der Waals surface area (Å²) in [6.07, 6.45) is 4.18. The highest BCUT2D eigenvalue weighted by Gasteiger charge is 2.08. The van der Waals surface area contributed by atoms with Crippen molar-refractivity contribution in [2.45, 2.75) is 20.4 Å². The SMILES string of the molecule is CCn1ncc2c(C)c(C=O)cnc21. The summed E-state index contributed by atoms with van der Waals surface area (Å²) in [6, 6.07) is 0. The van der Waals surface area contributed by atoms with Gasteiger partial charge in [0.1, 0.15) is 0 Å². The van der Waals surface area contributed by atoms with Crippen LogP contribution in [-0.4, -0.2) is 21.1 Å². The average molecular weight is 189 g/mol. The first-order valence-corrected chi connectivity index (χ1v) is 4.54. The molecule has 0 bridgehead atoms. The molecule has 2 rings (SSSR count). The van der Waals surface area contributed by atoms with E-state index in [4.69, 9.17) is 0 Å². The zero-order valence-electron chi connectivity index (χ0n) is 8.19. The van der Waals surface area contributed by atoms with Gasteiger partial charge in [-0.1, -0.05) is 0 Å². The fourth-order valence-electron chi connectivity index (χ4n) is 1.51. The topological polar surface area (TPSA) is 47.8 Å². The Labute approximate surface area is 81.6 Å². The molecule has 2 aromatic heterocycles. The maximum Gasteiger partial charge on any atom is 0.157 e. The van der Waals surface area contributed by atoms with E-state index in [0.29, 0.717) is 5.56 Å². The molecule has 72 valence electrons. The molecule has 0 aliphatic carbocycles. The van der Waals surface area contributed by atoms with E-state index in [9.17, 15) is 4.79 Å². The molecular formula is C10H11N3O. The number of hydrogen-bond donors (Lipinski definition) is 0. The van der Waals surface area contributed by atoms with Crippen molar-refractivity contribution >= 4 is 17.3 Å². The Bertz CT molecular complexity index is 487. The normalized spacial score (nSPS) is 10.7. The van der Waals surface area contributed by atoms with Gasteiger partial charge in [-0.25, -0.2) is 9.67 Å². The Morgan fingerprint density at radius 1 is 1.50 bits per heavy atom. The predicted molar refractivity (Wildman–Crippen MR) is 53.3 cm³/mol. The first-order chi connectivity index (χ1) is 6.77. The lowest BCUT2D eigenvalue weighted by molar-refractivity contribution is 0.112. The highest BCUT2D eigenvalue weighted by Crippen LogP contribution is 2.17. The fraction of sp³-hybridized carbons (Fsp3) is 0.300. The van der Waals surface area contributed by atoms with Gasteiger partial charge < -0.3 is 0 Å². The summed E-state index contributed by atoms with van der Waals surface area (Å²) in [6.45, 7) is 4.71. The smallest absolute Gasteiger partial charge is 0.157 e. The summed E-state index contributed by atoms with van der Waals surface area (Å²) >= 11 is 0. The lowest BCUT2D eigenvalue weighted by atomic mass is 10.1. The van der Waals surface area contributed by atoms with Gasteiger partial charge in [-0.05, 0) is 19.4 Å². The largest absolute Gasteiger partial charge is 0.298 e. The second kappa shape index (κ2) is 3.21. The third kappa shape index (κ3) is 1.11. The molecule has 2 heterocycles. The van der Waals surface area contributed by atoms with Crippen LogP contribution in [0.1, 0.15) is 22.8 Å². The lowest BCUT2D eigenvalue weighted by Crippen LogP contribution is -1.98. The summed E-state index contributed by atoms with van der Waals surface area (Å²) in [5, 5.41) is 5.14. The van der Waals surface area contributed by atoms with Crippen molar-refractivity contribution in [1.82, 2.24) is 14.8 Å². The van der Waals surface area contributed by atoms with Crippen LogP contribution in [0.2, 0.25) is 0 Å². The summed E-state index contributed by atoms with van der Waals surface area (Å²) in [7, 11) is 0. The Balaban J connectivity index is 2.78. The summed E-state index contributed by atoms with van der Waals surface area (Å²) in [4.78, 5) is 14.9. The van der Waals surface area contributed by atoms with Crippen LogP contribution in [0.15, 0.2) is 12.4 Å². The van der Waals surface area contributed by atoms with Crippen LogP contribution < -0.4 is 0 Å². The molecule has 2 aromatic rings. The number of fused-ring (bicyclic) bond motifs is 1. The summed E-state index contributed by atoms with van der Waals surface area (Å²) in [5.74, 6) is 0. The maximum atomic E-state index is 10.7. The van der Waals surface area contributed by atoms with E-state index in [1.54, 1.807) is 12.4 Å². The van der Waals surface area contributed by atoms with Crippen LogP contribution in [0.4, 0.5) is 0 Å². The van der Waals surface area contributed by atoms with Gasteiger partial charge in [-0.2, -0.15) is 5.10 Å². The second-order valence-corrected chi connectivity index (χ2v) is 3.15. The molecule has 0 unspecified atom stereocenters. The molecule has 0 fully saturated rings. The van der Waals surface area contributed by atoms with Crippen LogP contribution >= 0.6 is 0 Å². The maximum absolute atomic E-state index is 10.7. The Hall–Kier alpha value is -1.71. The predicted octanol–water partition coefficient (Wildman–Crippen LogP) is 1.57. The van der Waals surface area contributed by atoms with Crippen molar-refractivity contribution in [2.24, 2.45) is 0 Å². The zero-order chi connectivity index (χ0) is 10.1. The van der Waals surface area contributed by atoms with Gasteiger partial charge in [0.2, 0.25) is 0 Å². The van der Waals surface area contributed by atoms with Crippen LogP contribution in [0, 0.1) is 6.92 Å². The van der Waals surface area contributed by atoms with Gasteiger partial charge in [-0.3, -0.25) is 4.79 Å². The van der Waals surface area contributed by atoms with E-state index in [0.717, 1.165) is 29.4 Å². The van der Waals surface area contributed by atoms with Gasteiger partial charge in [0.05, 0.1) is 6.20 Å². The summed E-state index contributed by atoms with van der Waals surface area (Å²) < 4.78 is 1.82. The highest BCUT2D eigenvalue weighted by molar-refractivity contribution is 5.88. The monoisotopic (exact) mass is 189 g/mol. The van der Waals surface area contributed by atoms with Crippen LogP contribution in [0.5, 0.6) is 0 Å². The molecule has 4 nitrogen and oxygen atoms in total. The van der Waals surface area contributed by atoms with Crippen LogP contribution in [0.25, 0.3) is 11.0 Å². The molecule has 0 aliphatic heterocycles. The number of aryl methyl sites for hydroxylation is 2. The number of carbonyl (C=O) groups is 1. The van der Waals surface area contributed by atoms with Crippen molar-refractivity contribution in [1.29, 1.82) is 0 Å². The molecule has 0 saturated heterocycles. The number of aromatic nitrogens is 3. The van der Waals surface area contributed by atoms with Gasteiger partial charge >= 0.3 is 0 Å². The minimum atomic E-state index is 0.633. The lowest BCUT2D eigenvalue weighted by Gasteiger charge is -2.00. The third-order valence-corrected chi connectivity index (χ3v) is 2.40. The highest BCUT2D eigenvalue weighted by atomic mass is 16.1. The second-order valence-electron chi connectivity index (χ2n) is 3.15. The van der Waals surface area contributed by atoms with E-state index in [-0.39, 0.29) is 0 Å². The van der Waals surface area contributed by atoms with Crippen LogP contribution in [0.3, 0.4) is 0 Å². The van der Waals surface area contributed by atoms with E-state index >= 15 is 0 Å². The first-order valence-electron chi connectivity index (χ1n) is 4.54. The van der Waals surface area contributed by atoms with E-state index in [2.05, 4.69) is 10.1 Å². The van der Waals surface area contributed by atoms with Gasteiger partial charge in [0, 0.05) is 23.7 Å². The Morgan fingerprint density at radius 3 is 2.93 bits per heavy atom. The minimum Gasteiger partial charge on any atom is -0.298 e. The van der Waals surface area contributed by atoms with Gasteiger partial charge in [-0.15, -0.1) is 0 Å². The quantitative estimate of drug-likeness (QED) is 0.674.